The van der Waals surface area contributed by atoms with Crippen molar-refractivity contribution in [1.29, 1.82) is 0 Å². The Morgan fingerprint density at radius 2 is 2.21 bits per heavy atom. The molecule has 1 aromatic heterocycles. The molecule has 4 rings (SSSR count). The molecular weight excluding hydrogens is 306 g/mol. The minimum atomic E-state index is 0.0147. The third-order valence-electron chi connectivity index (χ3n) is 5.67. The predicted molar refractivity (Wildman–Crippen MR) is 90.0 cm³/mol. The number of fused-ring (bicyclic) bond motifs is 1. The highest BCUT2D eigenvalue weighted by Crippen LogP contribution is 2.36. The number of likely N-dealkylation sites (tertiary alicyclic amines) is 1. The third-order valence-corrected chi connectivity index (χ3v) is 5.67. The number of hydrogen-bond acceptors (Lipinski definition) is 6. The van der Waals surface area contributed by atoms with Crippen molar-refractivity contribution in [3.05, 3.63) is 12.4 Å². The van der Waals surface area contributed by atoms with Gasteiger partial charge in [-0.2, -0.15) is 0 Å². The molecule has 130 valence electrons. The molecule has 3 atom stereocenters. The van der Waals surface area contributed by atoms with Crippen molar-refractivity contribution in [2.75, 3.05) is 38.7 Å². The minimum Gasteiger partial charge on any atom is -0.481 e. The number of nitrogens with one attached hydrogen (secondary N) is 1. The van der Waals surface area contributed by atoms with Crippen LogP contribution in [0.25, 0.3) is 0 Å². The highest BCUT2D eigenvalue weighted by Gasteiger charge is 2.47. The standard InChI is InChI=1S/C17H25N5O2/c1-21-13(17(23)18-7-11-3-4-11)5-12-8-22(9-14(12)21)15-6-16(24-2)20-10-19-15/h6,10-14H,3-5,7-9H2,1-2H3,(H,18,23)/t12-,13-,14+/m1/s1. The number of methoxy groups -OCH3 is 1. The van der Waals surface area contributed by atoms with Gasteiger partial charge in [0.05, 0.1) is 13.2 Å². The summed E-state index contributed by atoms with van der Waals surface area (Å²) in [6.45, 7) is 2.68. The largest absolute Gasteiger partial charge is 0.481 e. The lowest BCUT2D eigenvalue weighted by Gasteiger charge is -2.26. The predicted octanol–water partition coefficient (Wildman–Crippen LogP) is 0.520. The van der Waals surface area contributed by atoms with Crippen LogP contribution in [0.2, 0.25) is 0 Å². The molecule has 24 heavy (non-hydrogen) atoms. The first-order chi connectivity index (χ1) is 11.7. The van der Waals surface area contributed by atoms with Gasteiger partial charge in [-0.1, -0.05) is 0 Å². The van der Waals surface area contributed by atoms with Crippen LogP contribution in [0.15, 0.2) is 12.4 Å². The summed E-state index contributed by atoms with van der Waals surface area (Å²) in [5, 5.41) is 3.13. The van der Waals surface area contributed by atoms with E-state index in [2.05, 4.69) is 32.1 Å². The first kappa shape index (κ1) is 15.6. The Bertz CT molecular complexity index is 621. The number of hydrogen-bond donors (Lipinski definition) is 1. The maximum Gasteiger partial charge on any atom is 0.237 e. The molecule has 0 spiro atoms. The van der Waals surface area contributed by atoms with Crippen LogP contribution < -0.4 is 15.0 Å². The smallest absolute Gasteiger partial charge is 0.237 e. The Balaban J connectivity index is 1.38. The van der Waals surface area contributed by atoms with Gasteiger partial charge in [0.15, 0.2) is 0 Å². The van der Waals surface area contributed by atoms with Crippen molar-refractivity contribution in [3.8, 4) is 5.88 Å². The lowest BCUT2D eigenvalue weighted by Crippen LogP contribution is -2.46. The number of rotatable bonds is 5. The van der Waals surface area contributed by atoms with Gasteiger partial charge in [0.2, 0.25) is 11.8 Å². The SMILES string of the molecule is COc1cc(N2C[C@H]3C[C@H](C(=O)NCC4CC4)N(C)[C@H]3C2)ncn1. The zero-order chi connectivity index (χ0) is 16.7. The minimum absolute atomic E-state index is 0.0147. The second-order valence-corrected chi connectivity index (χ2v) is 7.26. The average Bonchev–Trinajstić information content (AvgIpc) is 3.26. The number of aromatic nitrogens is 2. The summed E-state index contributed by atoms with van der Waals surface area (Å²) in [6.07, 6.45) is 5.00. The quantitative estimate of drug-likeness (QED) is 0.848. The second kappa shape index (κ2) is 6.20. The fraction of sp³-hybridized carbons (Fsp3) is 0.706. The van der Waals surface area contributed by atoms with E-state index in [0.717, 1.165) is 37.8 Å². The van der Waals surface area contributed by atoms with E-state index in [1.165, 1.54) is 12.8 Å². The molecule has 2 saturated heterocycles. The van der Waals surface area contributed by atoms with Crippen LogP contribution in [0, 0.1) is 11.8 Å². The molecule has 3 heterocycles. The van der Waals surface area contributed by atoms with Crippen LogP contribution in [0.1, 0.15) is 19.3 Å². The molecule has 1 aliphatic carbocycles. The molecule has 7 heteroatoms. The second-order valence-electron chi connectivity index (χ2n) is 7.26. The Hall–Kier alpha value is -1.89. The number of carbonyl (C=O) groups excluding carboxylic acids is 1. The topological polar surface area (TPSA) is 70.6 Å². The molecule has 3 aliphatic rings. The van der Waals surface area contributed by atoms with Gasteiger partial charge >= 0.3 is 0 Å². The van der Waals surface area contributed by atoms with E-state index in [1.807, 2.05) is 6.07 Å². The van der Waals surface area contributed by atoms with E-state index < -0.39 is 0 Å². The van der Waals surface area contributed by atoms with Crippen molar-refractivity contribution in [3.63, 3.8) is 0 Å². The Kier molecular flexibility index (Phi) is 4.04. The van der Waals surface area contributed by atoms with Gasteiger partial charge in [-0.05, 0) is 38.1 Å². The molecule has 1 saturated carbocycles. The van der Waals surface area contributed by atoms with Gasteiger partial charge in [0.25, 0.3) is 0 Å². The molecule has 0 unspecified atom stereocenters. The van der Waals surface area contributed by atoms with Crippen molar-refractivity contribution < 1.29 is 9.53 Å². The van der Waals surface area contributed by atoms with Crippen LogP contribution in [-0.4, -0.2) is 66.7 Å². The lowest BCUT2D eigenvalue weighted by atomic mass is 10.0. The van der Waals surface area contributed by atoms with Gasteiger partial charge in [-0.25, -0.2) is 9.97 Å². The summed E-state index contributed by atoms with van der Waals surface area (Å²) in [4.78, 5) is 25.4. The van der Waals surface area contributed by atoms with Crippen LogP contribution in [0.4, 0.5) is 5.82 Å². The number of nitrogens with zero attached hydrogens (tertiary/aromatic N) is 4. The fourth-order valence-electron chi connectivity index (χ4n) is 4.01. The van der Waals surface area contributed by atoms with Crippen molar-refractivity contribution in [2.45, 2.75) is 31.3 Å². The highest BCUT2D eigenvalue weighted by molar-refractivity contribution is 5.82. The van der Waals surface area contributed by atoms with Gasteiger partial charge in [-0.3, -0.25) is 9.69 Å². The van der Waals surface area contributed by atoms with E-state index in [1.54, 1.807) is 13.4 Å². The van der Waals surface area contributed by atoms with E-state index in [4.69, 9.17) is 4.74 Å². The molecule has 7 nitrogen and oxygen atoms in total. The van der Waals surface area contributed by atoms with E-state index >= 15 is 0 Å². The van der Waals surface area contributed by atoms with Crippen LogP contribution >= 0.6 is 0 Å². The summed E-state index contributed by atoms with van der Waals surface area (Å²) >= 11 is 0. The number of ether oxygens (including phenoxy) is 1. The number of anilines is 1. The first-order valence-electron chi connectivity index (χ1n) is 8.76. The molecule has 0 aromatic carbocycles. The third kappa shape index (κ3) is 2.92. The zero-order valence-electron chi connectivity index (χ0n) is 14.3. The van der Waals surface area contributed by atoms with E-state index in [-0.39, 0.29) is 11.9 Å². The average molecular weight is 331 g/mol. The Labute approximate surface area is 142 Å². The molecule has 0 radical (unpaired) electrons. The molecule has 1 amide bonds. The number of likely N-dealkylation sites (N-methyl/N-ethyl adjacent to an activating group) is 1. The molecule has 1 N–H and O–H groups in total. The number of carbonyl (C=O) groups is 1. The number of amides is 1. The lowest BCUT2D eigenvalue weighted by molar-refractivity contribution is -0.125. The molecular formula is C17H25N5O2. The summed E-state index contributed by atoms with van der Waals surface area (Å²) in [6, 6.07) is 2.30. The maximum atomic E-state index is 12.5. The van der Waals surface area contributed by atoms with Crippen LogP contribution in [0.5, 0.6) is 5.88 Å². The first-order valence-corrected chi connectivity index (χ1v) is 8.76. The molecule has 1 aromatic rings. The van der Waals surface area contributed by atoms with E-state index in [0.29, 0.717) is 17.8 Å². The van der Waals surface area contributed by atoms with Crippen molar-refractivity contribution in [1.82, 2.24) is 20.2 Å². The Morgan fingerprint density at radius 1 is 1.38 bits per heavy atom. The van der Waals surface area contributed by atoms with E-state index in [9.17, 15) is 4.79 Å². The summed E-state index contributed by atoms with van der Waals surface area (Å²) in [5.41, 5.74) is 0. The van der Waals surface area contributed by atoms with Crippen molar-refractivity contribution in [2.24, 2.45) is 11.8 Å². The van der Waals surface area contributed by atoms with Crippen LogP contribution in [0.3, 0.4) is 0 Å². The van der Waals surface area contributed by atoms with Gasteiger partial charge in [0, 0.05) is 31.7 Å². The van der Waals surface area contributed by atoms with Crippen LogP contribution in [-0.2, 0) is 4.79 Å². The summed E-state index contributed by atoms with van der Waals surface area (Å²) < 4.78 is 5.19. The Morgan fingerprint density at radius 3 is 2.92 bits per heavy atom. The zero-order valence-corrected chi connectivity index (χ0v) is 14.3. The van der Waals surface area contributed by atoms with Gasteiger partial charge in [-0.15, -0.1) is 0 Å². The van der Waals surface area contributed by atoms with Gasteiger partial charge < -0.3 is 15.0 Å². The molecule has 3 fully saturated rings. The van der Waals surface area contributed by atoms with Gasteiger partial charge in [0.1, 0.15) is 12.1 Å². The fourth-order valence-corrected chi connectivity index (χ4v) is 4.01. The summed E-state index contributed by atoms with van der Waals surface area (Å²) in [7, 11) is 3.69. The summed E-state index contributed by atoms with van der Waals surface area (Å²) in [5.74, 6) is 2.92. The molecule has 2 aliphatic heterocycles. The monoisotopic (exact) mass is 331 g/mol. The maximum absolute atomic E-state index is 12.5. The highest BCUT2D eigenvalue weighted by atomic mass is 16.5. The normalized spacial score (nSPS) is 29.6. The van der Waals surface area contributed by atoms with Crippen molar-refractivity contribution >= 4 is 11.7 Å². The molecule has 0 bridgehead atoms.